The lowest BCUT2D eigenvalue weighted by Gasteiger charge is -2.29. The van der Waals surface area contributed by atoms with Crippen LogP contribution in [0, 0.1) is 0 Å². The molecule has 2 aromatic rings. The van der Waals surface area contributed by atoms with Gasteiger partial charge in [0.2, 0.25) is 0 Å². The lowest BCUT2D eigenvalue weighted by molar-refractivity contribution is 0.601. The number of aromatic nitrogens is 4. The number of fused-ring (bicyclic) bond motifs is 1. The van der Waals surface area contributed by atoms with Crippen LogP contribution in [0.1, 0.15) is 25.7 Å². The van der Waals surface area contributed by atoms with Crippen molar-refractivity contribution >= 4 is 11.5 Å². The summed E-state index contributed by atoms with van der Waals surface area (Å²) in [6, 6.07) is 2.34. The molecule has 19 heavy (non-hydrogen) atoms. The van der Waals surface area contributed by atoms with E-state index in [-0.39, 0.29) is 5.69 Å². The first-order chi connectivity index (χ1) is 9.29. The molecule has 1 fully saturated rings. The van der Waals surface area contributed by atoms with Crippen LogP contribution in [-0.4, -0.2) is 38.7 Å². The molecule has 3 rings (SSSR count). The Bertz CT molecular complexity index is 612. The Morgan fingerprint density at radius 1 is 1.47 bits per heavy atom. The summed E-state index contributed by atoms with van der Waals surface area (Å²) in [6.45, 7) is 1.37. The molecule has 7 heteroatoms. The monoisotopic (exact) mass is 262 g/mol. The number of nitrogens with one attached hydrogen (secondary N) is 1. The van der Waals surface area contributed by atoms with Gasteiger partial charge in [-0.2, -0.15) is 5.10 Å². The zero-order valence-corrected chi connectivity index (χ0v) is 10.7. The topological polar surface area (TPSA) is 92.3 Å². The van der Waals surface area contributed by atoms with Crippen molar-refractivity contribution in [1.82, 2.24) is 19.6 Å². The number of hydrogen-bond donors (Lipinski definition) is 2. The molecule has 1 aliphatic carbocycles. The quantitative estimate of drug-likeness (QED) is 0.816. The van der Waals surface area contributed by atoms with Gasteiger partial charge in [-0.05, 0) is 12.8 Å². The van der Waals surface area contributed by atoms with Crippen LogP contribution in [0.15, 0.2) is 17.2 Å². The number of H-pyrrole nitrogens is 1. The van der Waals surface area contributed by atoms with Crippen molar-refractivity contribution in [2.45, 2.75) is 31.7 Å². The third-order valence-electron chi connectivity index (χ3n) is 3.73. The Balaban J connectivity index is 1.96. The fraction of sp³-hybridized carbons (Fsp3) is 0.583. The largest absolute Gasteiger partial charge is 0.352 e. The van der Waals surface area contributed by atoms with E-state index in [0.29, 0.717) is 18.2 Å². The molecule has 0 amide bonds. The molecule has 0 atom stereocenters. The van der Waals surface area contributed by atoms with E-state index in [1.54, 1.807) is 0 Å². The number of nitrogens with zero attached hydrogens (tertiary/aromatic N) is 4. The minimum atomic E-state index is -0.264. The van der Waals surface area contributed by atoms with Crippen LogP contribution in [0.3, 0.4) is 0 Å². The fourth-order valence-corrected chi connectivity index (χ4v) is 2.80. The van der Waals surface area contributed by atoms with Crippen LogP contribution >= 0.6 is 0 Å². The summed E-state index contributed by atoms with van der Waals surface area (Å²) in [6.07, 6.45) is 6.40. The molecule has 0 aliphatic heterocycles. The van der Waals surface area contributed by atoms with E-state index in [2.05, 4.69) is 20.1 Å². The molecule has 1 aliphatic rings. The second-order valence-corrected chi connectivity index (χ2v) is 4.92. The van der Waals surface area contributed by atoms with Crippen molar-refractivity contribution in [3.05, 3.63) is 22.9 Å². The SMILES string of the molecule is NCCN(c1cc2n[nH]c(=O)n2cn1)C1CCCC1. The first kappa shape index (κ1) is 12.2. The maximum absolute atomic E-state index is 11.4. The summed E-state index contributed by atoms with van der Waals surface area (Å²) in [5.74, 6) is 0.851. The normalized spacial score (nSPS) is 16.3. The molecule has 3 N–H and O–H groups in total. The molecular formula is C12H18N6O. The standard InChI is InChI=1S/C12H18N6O/c13-5-6-17(9-3-1-2-4-9)10-7-11-15-16-12(19)18(11)8-14-10/h7-9H,1-6,13H2,(H,16,19). The maximum Gasteiger partial charge on any atom is 0.348 e. The van der Waals surface area contributed by atoms with Crippen LogP contribution in [0.5, 0.6) is 0 Å². The predicted octanol–water partition coefficient (Wildman–Crippen LogP) is 0.125. The van der Waals surface area contributed by atoms with E-state index in [0.717, 1.165) is 12.4 Å². The van der Waals surface area contributed by atoms with Crippen LogP contribution in [0.25, 0.3) is 5.65 Å². The summed E-state index contributed by atoms with van der Waals surface area (Å²) in [5.41, 5.74) is 6.03. The van der Waals surface area contributed by atoms with Crippen molar-refractivity contribution in [2.75, 3.05) is 18.0 Å². The Morgan fingerprint density at radius 2 is 2.26 bits per heavy atom. The molecule has 2 aromatic heterocycles. The molecule has 0 bridgehead atoms. The van der Waals surface area contributed by atoms with Gasteiger partial charge in [0.1, 0.15) is 12.1 Å². The first-order valence-electron chi connectivity index (χ1n) is 6.69. The first-order valence-corrected chi connectivity index (χ1v) is 6.69. The third-order valence-corrected chi connectivity index (χ3v) is 3.73. The van der Waals surface area contributed by atoms with Gasteiger partial charge in [0.25, 0.3) is 0 Å². The van der Waals surface area contributed by atoms with Crippen molar-refractivity contribution in [1.29, 1.82) is 0 Å². The van der Waals surface area contributed by atoms with Crippen molar-refractivity contribution in [2.24, 2.45) is 5.73 Å². The lowest BCUT2D eigenvalue weighted by Crippen LogP contribution is -2.38. The molecule has 1 saturated carbocycles. The Kier molecular flexibility index (Phi) is 3.20. The van der Waals surface area contributed by atoms with Gasteiger partial charge in [0.15, 0.2) is 5.65 Å². The molecule has 0 radical (unpaired) electrons. The third kappa shape index (κ3) is 2.21. The van der Waals surface area contributed by atoms with Gasteiger partial charge in [-0.15, -0.1) is 0 Å². The molecule has 0 aromatic carbocycles. The highest BCUT2D eigenvalue weighted by Crippen LogP contribution is 2.26. The number of aromatic amines is 1. The number of rotatable bonds is 4. The molecule has 7 nitrogen and oxygen atoms in total. The minimum Gasteiger partial charge on any atom is -0.352 e. The van der Waals surface area contributed by atoms with Crippen LogP contribution in [0.4, 0.5) is 5.82 Å². The molecule has 0 spiro atoms. The zero-order chi connectivity index (χ0) is 13.2. The molecular weight excluding hydrogens is 244 g/mol. The predicted molar refractivity (Wildman–Crippen MR) is 72.3 cm³/mol. The zero-order valence-electron chi connectivity index (χ0n) is 10.7. The molecule has 0 unspecified atom stereocenters. The Morgan fingerprint density at radius 3 is 3.00 bits per heavy atom. The Hall–Kier alpha value is -1.89. The summed E-state index contributed by atoms with van der Waals surface area (Å²) in [5, 5.41) is 6.39. The van der Waals surface area contributed by atoms with Gasteiger partial charge < -0.3 is 10.6 Å². The van der Waals surface area contributed by atoms with Crippen molar-refractivity contribution in [3.63, 3.8) is 0 Å². The summed E-state index contributed by atoms with van der Waals surface area (Å²) in [4.78, 5) is 18.0. The second kappa shape index (κ2) is 5.00. The van der Waals surface area contributed by atoms with Gasteiger partial charge in [-0.1, -0.05) is 12.8 Å². The summed E-state index contributed by atoms with van der Waals surface area (Å²) >= 11 is 0. The van der Waals surface area contributed by atoms with Crippen LogP contribution in [0.2, 0.25) is 0 Å². The maximum atomic E-state index is 11.4. The number of nitrogens with two attached hydrogens (primary N) is 1. The number of anilines is 1. The summed E-state index contributed by atoms with van der Waals surface area (Å²) < 4.78 is 1.40. The smallest absolute Gasteiger partial charge is 0.348 e. The van der Waals surface area contributed by atoms with Gasteiger partial charge >= 0.3 is 5.69 Å². The van der Waals surface area contributed by atoms with E-state index in [9.17, 15) is 4.79 Å². The highest BCUT2D eigenvalue weighted by atomic mass is 16.1. The van der Waals surface area contributed by atoms with Crippen LogP contribution < -0.4 is 16.3 Å². The second-order valence-electron chi connectivity index (χ2n) is 4.92. The Labute approximate surface area is 110 Å². The number of hydrogen-bond acceptors (Lipinski definition) is 5. The van der Waals surface area contributed by atoms with Gasteiger partial charge in [-0.3, -0.25) is 0 Å². The van der Waals surface area contributed by atoms with E-state index >= 15 is 0 Å². The highest BCUT2D eigenvalue weighted by molar-refractivity contribution is 5.51. The van der Waals surface area contributed by atoms with E-state index in [4.69, 9.17) is 5.73 Å². The van der Waals surface area contributed by atoms with E-state index < -0.39 is 0 Å². The summed E-state index contributed by atoms with van der Waals surface area (Å²) in [7, 11) is 0. The molecule has 2 heterocycles. The molecule has 0 saturated heterocycles. The average molecular weight is 262 g/mol. The van der Waals surface area contributed by atoms with Crippen molar-refractivity contribution < 1.29 is 0 Å². The van der Waals surface area contributed by atoms with Crippen molar-refractivity contribution in [3.8, 4) is 0 Å². The fourth-order valence-electron chi connectivity index (χ4n) is 2.80. The average Bonchev–Trinajstić information content (AvgIpc) is 3.06. The minimum absolute atomic E-state index is 0.264. The van der Waals surface area contributed by atoms with Gasteiger partial charge in [0.05, 0.1) is 0 Å². The lowest BCUT2D eigenvalue weighted by atomic mass is 10.2. The molecule has 102 valence electrons. The van der Waals surface area contributed by atoms with E-state index in [1.807, 2.05) is 6.07 Å². The highest BCUT2D eigenvalue weighted by Gasteiger charge is 2.23. The van der Waals surface area contributed by atoms with Gasteiger partial charge in [0, 0.05) is 25.2 Å². The van der Waals surface area contributed by atoms with Crippen LogP contribution in [-0.2, 0) is 0 Å². The van der Waals surface area contributed by atoms with E-state index in [1.165, 1.54) is 36.4 Å². The van der Waals surface area contributed by atoms with Gasteiger partial charge in [-0.25, -0.2) is 19.3 Å².